The van der Waals surface area contributed by atoms with Gasteiger partial charge in [0, 0.05) is 12.0 Å². The summed E-state index contributed by atoms with van der Waals surface area (Å²) in [7, 11) is 0. The van der Waals surface area contributed by atoms with Gasteiger partial charge in [-0.3, -0.25) is 0 Å². The van der Waals surface area contributed by atoms with Gasteiger partial charge in [-0.25, -0.2) is 0 Å². The smallest absolute Gasteiger partial charge is 0.0930 e. The standard InChI is InChI=1S/C22H36O2/c1-15-12-22(10-7-16(13-22)6-5-11-23)19-21(4,24-19)9-8-18-17(15)14-20(18,2)3/h16-19,23H,1,5-14H2,2-4H3. The van der Waals surface area contributed by atoms with Crippen LogP contribution in [0.4, 0.5) is 0 Å². The second-order valence-electron chi connectivity index (χ2n) is 10.4. The van der Waals surface area contributed by atoms with E-state index >= 15 is 0 Å². The number of fused-ring (bicyclic) bond motifs is 3. The highest BCUT2D eigenvalue weighted by Crippen LogP contribution is 2.66. The third-order valence-electron chi connectivity index (χ3n) is 8.25. The molecular weight excluding hydrogens is 296 g/mol. The summed E-state index contributed by atoms with van der Waals surface area (Å²) in [5, 5.41) is 9.17. The number of hydrogen-bond donors (Lipinski definition) is 1. The molecule has 1 heterocycles. The molecule has 2 nitrogen and oxygen atoms in total. The molecule has 2 heteroatoms. The van der Waals surface area contributed by atoms with Gasteiger partial charge in [0.2, 0.25) is 0 Å². The van der Waals surface area contributed by atoms with Crippen molar-refractivity contribution in [3.63, 3.8) is 0 Å². The molecule has 0 amide bonds. The highest BCUT2D eigenvalue weighted by molar-refractivity contribution is 5.22. The maximum absolute atomic E-state index is 9.17. The number of hydrogen-bond acceptors (Lipinski definition) is 2. The minimum atomic E-state index is 0.132. The van der Waals surface area contributed by atoms with E-state index < -0.39 is 0 Å². The Bertz CT molecular complexity index is 524. The lowest BCUT2D eigenvalue weighted by Crippen LogP contribution is -2.45. The first-order chi connectivity index (χ1) is 11.3. The van der Waals surface area contributed by atoms with Gasteiger partial charge in [-0.05, 0) is 87.9 Å². The van der Waals surface area contributed by atoms with Crippen molar-refractivity contribution in [1.29, 1.82) is 0 Å². The average molecular weight is 333 g/mol. The van der Waals surface area contributed by atoms with Crippen LogP contribution in [-0.2, 0) is 4.74 Å². The van der Waals surface area contributed by atoms with E-state index in [2.05, 4.69) is 27.4 Å². The topological polar surface area (TPSA) is 32.8 Å². The number of rotatable bonds is 3. The van der Waals surface area contributed by atoms with Crippen LogP contribution < -0.4 is 0 Å². The van der Waals surface area contributed by atoms with E-state index in [1.807, 2.05) is 0 Å². The van der Waals surface area contributed by atoms with E-state index in [0.29, 0.717) is 23.5 Å². The van der Waals surface area contributed by atoms with E-state index in [1.165, 1.54) is 56.9 Å². The largest absolute Gasteiger partial charge is 0.396 e. The first-order valence-corrected chi connectivity index (χ1v) is 10.3. The Labute approximate surface area is 148 Å². The summed E-state index contributed by atoms with van der Waals surface area (Å²) in [6.45, 7) is 12.2. The van der Waals surface area contributed by atoms with Crippen LogP contribution in [0, 0.1) is 28.6 Å². The molecule has 0 aromatic carbocycles. The van der Waals surface area contributed by atoms with Gasteiger partial charge in [-0.1, -0.05) is 26.0 Å². The number of allylic oxidation sites excluding steroid dienone is 1. The molecule has 1 spiro atoms. The normalized spacial score (nSPS) is 49.6. The van der Waals surface area contributed by atoms with Gasteiger partial charge in [0.25, 0.3) is 0 Å². The van der Waals surface area contributed by atoms with Crippen molar-refractivity contribution in [3.8, 4) is 0 Å². The molecule has 1 saturated heterocycles. The lowest BCUT2D eigenvalue weighted by molar-refractivity contribution is -0.00523. The zero-order valence-electron chi connectivity index (χ0n) is 15.9. The second-order valence-corrected chi connectivity index (χ2v) is 10.4. The van der Waals surface area contributed by atoms with E-state index in [-0.39, 0.29) is 5.60 Å². The Hall–Kier alpha value is -0.340. The summed E-state index contributed by atoms with van der Waals surface area (Å²) in [6.07, 6.45) is 11.6. The molecule has 1 aliphatic heterocycles. The fraction of sp³-hybridized carbons (Fsp3) is 0.909. The molecular formula is C22H36O2. The minimum absolute atomic E-state index is 0.132. The first-order valence-electron chi connectivity index (χ1n) is 10.3. The Morgan fingerprint density at radius 1 is 1.17 bits per heavy atom. The Morgan fingerprint density at radius 3 is 2.67 bits per heavy atom. The summed E-state index contributed by atoms with van der Waals surface area (Å²) < 4.78 is 6.41. The average Bonchev–Trinajstić information content (AvgIpc) is 3.02. The molecule has 1 N–H and O–H groups in total. The molecule has 0 aromatic heterocycles. The third-order valence-corrected chi connectivity index (χ3v) is 8.25. The fourth-order valence-electron chi connectivity index (χ4n) is 6.88. The van der Waals surface area contributed by atoms with Gasteiger partial charge < -0.3 is 9.84 Å². The quantitative estimate of drug-likeness (QED) is 0.576. The van der Waals surface area contributed by atoms with Gasteiger partial charge in [0.05, 0.1) is 11.7 Å². The van der Waals surface area contributed by atoms with Crippen molar-refractivity contribution in [2.24, 2.45) is 28.6 Å². The molecule has 0 bridgehead atoms. The summed E-state index contributed by atoms with van der Waals surface area (Å²) in [6, 6.07) is 0. The summed E-state index contributed by atoms with van der Waals surface area (Å²) in [4.78, 5) is 0. The maximum Gasteiger partial charge on any atom is 0.0930 e. The van der Waals surface area contributed by atoms with Crippen LogP contribution in [0.15, 0.2) is 12.2 Å². The lowest BCUT2D eigenvalue weighted by atomic mass is 9.52. The number of aliphatic hydroxyl groups is 1. The summed E-state index contributed by atoms with van der Waals surface area (Å²) in [5.74, 6) is 2.36. The number of aliphatic hydroxyl groups excluding tert-OH is 1. The molecule has 0 radical (unpaired) electrons. The number of epoxide rings is 1. The highest BCUT2D eigenvalue weighted by Gasteiger charge is 2.65. The van der Waals surface area contributed by atoms with E-state index in [0.717, 1.165) is 24.2 Å². The van der Waals surface area contributed by atoms with Crippen LogP contribution in [0.5, 0.6) is 0 Å². The minimum Gasteiger partial charge on any atom is -0.396 e. The van der Waals surface area contributed by atoms with Crippen LogP contribution in [0.2, 0.25) is 0 Å². The fourth-order valence-corrected chi connectivity index (χ4v) is 6.88. The van der Waals surface area contributed by atoms with Crippen molar-refractivity contribution in [1.82, 2.24) is 0 Å². The molecule has 6 atom stereocenters. The maximum atomic E-state index is 9.17. The van der Waals surface area contributed by atoms with Crippen LogP contribution >= 0.6 is 0 Å². The summed E-state index contributed by atoms with van der Waals surface area (Å²) >= 11 is 0. The zero-order chi connectivity index (χ0) is 17.2. The van der Waals surface area contributed by atoms with Crippen LogP contribution in [-0.4, -0.2) is 23.4 Å². The molecule has 4 rings (SSSR count). The van der Waals surface area contributed by atoms with E-state index in [9.17, 15) is 5.11 Å². The van der Waals surface area contributed by atoms with Crippen LogP contribution in [0.1, 0.15) is 78.6 Å². The van der Waals surface area contributed by atoms with Crippen LogP contribution in [0.25, 0.3) is 0 Å². The third kappa shape index (κ3) is 2.60. The van der Waals surface area contributed by atoms with Gasteiger partial charge in [-0.15, -0.1) is 0 Å². The van der Waals surface area contributed by atoms with E-state index in [4.69, 9.17) is 4.74 Å². The molecule has 4 fully saturated rings. The van der Waals surface area contributed by atoms with Gasteiger partial charge in [-0.2, -0.15) is 0 Å². The van der Waals surface area contributed by atoms with Crippen molar-refractivity contribution in [2.75, 3.05) is 6.61 Å². The molecule has 0 aromatic rings. The Morgan fingerprint density at radius 2 is 1.96 bits per heavy atom. The molecule has 24 heavy (non-hydrogen) atoms. The van der Waals surface area contributed by atoms with Crippen molar-refractivity contribution in [3.05, 3.63) is 12.2 Å². The van der Waals surface area contributed by atoms with Crippen LogP contribution in [0.3, 0.4) is 0 Å². The summed E-state index contributed by atoms with van der Waals surface area (Å²) in [5.41, 5.74) is 2.50. The van der Waals surface area contributed by atoms with Gasteiger partial charge in [0.1, 0.15) is 0 Å². The van der Waals surface area contributed by atoms with E-state index in [1.54, 1.807) is 0 Å². The monoisotopic (exact) mass is 332 g/mol. The predicted octanol–water partition coefficient (Wildman–Crippen LogP) is 5.11. The lowest BCUT2D eigenvalue weighted by Gasteiger charge is -2.53. The van der Waals surface area contributed by atoms with Crippen molar-refractivity contribution < 1.29 is 9.84 Å². The second kappa shape index (κ2) is 5.58. The Balaban J connectivity index is 1.55. The molecule has 6 unspecified atom stereocenters. The first kappa shape index (κ1) is 17.1. The van der Waals surface area contributed by atoms with Crippen molar-refractivity contribution in [2.45, 2.75) is 90.3 Å². The predicted molar refractivity (Wildman–Crippen MR) is 97.7 cm³/mol. The molecule has 3 aliphatic carbocycles. The zero-order valence-corrected chi connectivity index (χ0v) is 15.9. The SMILES string of the molecule is C=C1CC2(CCC(CCCO)C2)C2OC2(C)CCC2C1CC2(C)C. The number of ether oxygens (including phenoxy) is 1. The Kier molecular flexibility index (Phi) is 3.97. The highest BCUT2D eigenvalue weighted by atomic mass is 16.6. The van der Waals surface area contributed by atoms with Crippen molar-refractivity contribution >= 4 is 0 Å². The molecule has 4 aliphatic rings. The van der Waals surface area contributed by atoms with Gasteiger partial charge >= 0.3 is 0 Å². The molecule has 3 saturated carbocycles. The molecule has 136 valence electrons. The van der Waals surface area contributed by atoms with Gasteiger partial charge in [0.15, 0.2) is 0 Å².